The summed E-state index contributed by atoms with van der Waals surface area (Å²) < 4.78 is 6.86. The molecule has 0 unspecified atom stereocenters. The molecule has 2 rings (SSSR count). The predicted molar refractivity (Wildman–Crippen MR) is 81.8 cm³/mol. The summed E-state index contributed by atoms with van der Waals surface area (Å²) in [5.41, 5.74) is 2.27. The van der Waals surface area contributed by atoms with Crippen molar-refractivity contribution < 1.29 is 9.53 Å². The second-order valence-corrected chi connectivity index (χ2v) is 5.47. The number of rotatable bonds is 4. The van der Waals surface area contributed by atoms with Crippen LogP contribution < -0.4 is 10.9 Å². The van der Waals surface area contributed by atoms with E-state index in [0.29, 0.717) is 13.2 Å². The number of hydrogen-bond donors (Lipinski definition) is 1. The molecule has 0 aliphatic heterocycles. The molecule has 5 heteroatoms. The first-order valence-corrected chi connectivity index (χ1v) is 7.65. The number of aromatic nitrogens is 1. The maximum absolute atomic E-state index is 12.6. The molecule has 1 heterocycles. The molecule has 1 N–H and O–H groups in total. The van der Waals surface area contributed by atoms with Crippen LogP contribution in [0.1, 0.15) is 47.3 Å². The summed E-state index contributed by atoms with van der Waals surface area (Å²) in [6.07, 6.45) is 6.47. The van der Waals surface area contributed by atoms with Gasteiger partial charge in [-0.2, -0.15) is 0 Å². The molecular formula is C16H24N2O3. The standard InChI is InChI=1S/C16H24N2O3/c1-17-15(19)13-11-12-7-5-3-4-6-8-14(12)18(16(13)20)9-10-21-2/h11H,3-10H2,1-2H3,(H,17,19). The number of carbonyl (C=O) groups excluding carboxylic acids is 1. The van der Waals surface area contributed by atoms with E-state index in [-0.39, 0.29) is 17.0 Å². The molecule has 1 amide bonds. The van der Waals surface area contributed by atoms with Crippen molar-refractivity contribution in [1.29, 1.82) is 0 Å². The number of pyridine rings is 1. The van der Waals surface area contributed by atoms with E-state index >= 15 is 0 Å². The molecule has 21 heavy (non-hydrogen) atoms. The average Bonchev–Trinajstić information content (AvgIpc) is 2.47. The van der Waals surface area contributed by atoms with Crippen molar-refractivity contribution in [2.45, 2.75) is 45.1 Å². The first-order chi connectivity index (χ1) is 10.2. The van der Waals surface area contributed by atoms with Crippen LogP contribution in [-0.2, 0) is 24.1 Å². The highest BCUT2D eigenvalue weighted by Gasteiger charge is 2.19. The maximum Gasteiger partial charge on any atom is 0.263 e. The smallest absolute Gasteiger partial charge is 0.263 e. The molecular weight excluding hydrogens is 268 g/mol. The normalized spacial score (nSPS) is 15.0. The Hall–Kier alpha value is -1.62. The highest BCUT2D eigenvalue weighted by atomic mass is 16.5. The minimum Gasteiger partial charge on any atom is -0.383 e. The number of ether oxygens (including phenoxy) is 1. The van der Waals surface area contributed by atoms with Crippen LogP contribution in [0, 0.1) is 0 Å². The van der Waals surface area contributed by atoms with Gasteiger partial charge in [0.05, 0.1) is 6.61 Å². The lowest BCUT2D eigenvalue weighted by atomic mass is 9.95. The minimum atomic E-state index is -0.309. The molecule has 1 aliphatic carbocycles. The molecule has 1 aromatic heterocycles. The van der Waals surface area contributed by atoms with Gasteiger partial charge in [0.1, 0.15) is 5.56 Å². The lowest BCUT2D eigenvalue weighted by Gasteiger charge is -2.20. The van der Waals surface area contributed by atoms with E-state index in [0.717, 1.165) is 36.9 Å². The summed E-state index contributed by atoms with van der Waals surface area (Å²) >= 11 is 0. The number of amides is 1. The Morgan fingerprint density at radius 3 is 2.67 bits per heavy atom. The number of fused-ring (bicyclic) bond motifs is 1. The van der Waals surface area contributed by atoms with Crippen molar-refractivity contribution >= 4 is 5.91 Å². The quantitative estimate of drug-likeness (QED) is 0.915. The molecule has 0 atom stereocenters. The lowest BCUT2D eigenvalue weighted by Crippen LogP contribution is -2.35. The van der Waals surface area contributed by atoms with E-state index in [2.05, 4.69) is 5.32 Å². The molecule has 116 valence electrons. The van der Waals surface area contributed by atoms with Gasteiger partial charge in [-0.25, -0.2) is 0 Å². The molecule has 5 nitrogen and oxygen atoms in total. The Morgan fingerprint density at radius 1 is 1.29 bits per heavy atom. The molecule has 1 aliphatic rings. The summed E-state index contributed by atoms with van der Waals surface area (Å²) in [6, 6.07) is 1.80. The van der Waals surface area contributed by atoms with Gasteiger partial charge in [-0.3, -0.25) is 9.59 Å². The summed E-state index contributed by atoms with van der Waals surface area (Å²) in [7, 11) is 3.18. The van der Waals surface area contributed by atoms with Crippen molar-refractivity contribution in [2.24, 2.45) is 0 Å². The molecule has 0 spiro atoms. The van der Waals surface area contributed by atoms with Crippen LogP contribution in [0.25, 0.3) is 0 Å². The van der Waals surface area contributed by atoms with E-state index in [1.54, 1.807) is 24.8 Å². The van der Waals surface area contributed by atoms with Gasteiger partial charge < -0.3 is 14.6 Å². The van der Waals surface area contributed by atoms with E-state index in [1.165, 1.54) is 12.8 Å². The second-order valence-electron chi connectivity index (χ2n) is 5.47. The molecule has 0 saturated carbocycles. The van der Waals surface area contributed by atoms with Gasteiger partial charge in [0.2, 0.25) is 0 Å². The lowest BCUT2D eigenvalue weighted by molar-refractivity contribution is 0.0960. The zero-order valence-electron chi connectivity index (χ0n) is 12.9. The summed E-state index contributed by atoms with van der Waals surface area (Å²) in [5.74, 6) is -0.309. The van der Waals surface area contributed by atoms with Gasteiger partial charge in [0.25, 0.3) is 11.5 Å². The van der Waals surface area contributed by atoms with E-state index in [4.69, 9.17) is 4.74 Å². The van der Waals surface area contributed by atoms with Gasteiger partial charge in [-0.1, -0.05) is 12.8 Å². The predicted octanol–water partition coefficient (Wildman–Crippen LogP) is 1.51. The van der Waals surface area contributed by atoms with Crippen molar-refractivity contribution in [2.75, 3.05) is 20.8 Å². The van der Waals surface area contributed by atoms with E-state index in [9.17, 15) is 9.59 Å². The van der Waals surface area contributed by atoms with Crippen LogP contribution in [0.15, 0.2) is 10.9 Å². The second kappa shape index (κ2) is 7.41. The first kappa shape index (κ1) is 15.8. The number of carbonyl (C=O) groups is 1. The Morgan fingerprint density at radius 2 is 2.00 bits per heavy atom. The number of aryl methyl sites for hydroxylation is 1. The van der Waals surface area contributed by atoms with Crippen LogP contribution in [0.4, 0.5) is 0 Å². The number of nitrogens with zero attached hydrogens (tertiary/aromatic N) is 1. The Bertz CT molecular complexity index is 563. The fraction of sp³-hybridized carbons (Fsp3) is 0.625. The third kappa shape index (κ3) is 3.53. The van der Waals surface area contributed by atoms with Gasteiger partial charge in [0.15, 0.2) is 0 Å². The Labute approximate surface area is 125 Å². The molecule has 0 bridgehead atoms. The van der Waals surface area contributed by atoms with E-state index in [1.807, 2.05) is 0 Å². The van der Waals surface area contributed by atoms with Crippen molar-refractivity contribution in [3.8, 4) is 0 Å². The Balaban J connectivity index is 2.54. The fourth-order valence-corrected chi connectivity index (χ4v) is 2.95. The number of methoxy groups -OCH3 is 1. The third-order valence-corrected chi connectivity index (χ3v) is 4.09. The molecule has 1 aromatic rings. The summed E-state index contributed by atoms with van der Waals surface area (Å²) in [4.78, 5) is 24.5. The highest BCUT2D eigenvalue weighted by Crippen LogP contribution is 2.20. The van der Waals surface area contributed by atoms with Crippen LogP contribution >= 0.6 is 0 Å². The van der Waals surface area contributed by atoms with Gasteiger partial charge in [-0.15, -0.1) is 0 Å². The summed E-state index contributed by atoms with van der Waals surface area (Å²) in [6.45, 7) is 0.978. The molecule has 0 radical (unpaired) electrons. The van der Waals surface area contributed by atoms with Crippen LogP contribution in [0.5, 0.6) is 0 Å². The zero-order chi connectivity index (χ0) is 15.2. The van der Waals surface area contributed by atoms with Crippen molar-refractivity contribution in [3.05, 3.63) is 33.2 Å². The van der Waals surface area contributed by atoms with Gasteiger partial charge in [-0.05, 0) is 37.3 Å². The Kier molecular flexibility index (Phi) is 5.56. The highest BCUT2D eigenvalue weighted by molar-refractivity contribution is 5.93. The number of hydrogen-bond acceptors (Lipinski definition) is 3. The van der Waals surface area contributed by atoms with Gasteiger partial charge >= 0.3 is 0 Å². The molecule has 0 aromatic carbocycles. The van der Waals surface area contributed by atoms with Crippen LogP contribution in [-0.4, -0.2) is 31.2 Å². The zero-order valence-corrected chi connectivity index (χ0v) is 12.9. The maximum atomic E-state index is 12.6. The summed E-state index contributed by atoms with van der Waals surface area (Å²) in [5, 5.41) is 2.56. The minimum absolute atomic E-state index is 0.203. The average molecular weight is 292 g/mol. The van der Waals surface area contributed by atoms with Crippen LogP contribution in [0.3, 0.4) is 0 Å². The van der Waals surface area contributed by atoms with Gasteiger partial charge in [0, 0.05) is 26.4 Å². The third-order valence-electron chi connectivity index (χ3n) is 4.09. The fourth-order valence-electron chi connectivity index (χ4n) is 2.95. The monoisotopic (exact) mass is 292 g/mol. The van der Waals surface area contributed by atoms with E-state index < -0.39 is 0 Å². The molecule has 0 saturated heterocycles. The SMILES string of the molecule is CNC(=O)c1cc2c(n(CCOC)c1=O)CCCCCC2. The van der Waals surface area contributed by atoms with Crippen LogP contribution in [0.2, 0.25) is 0 Å². The van der Waals surface area contributed by atoms with Crippen molar-refractivity contribution in [1.82, 2.24) is 9.88 Å². The van der Waals surface area contributed by atoms with Crippen molar-refractivity contribution in [3.63, 3.8) is 0 Å². The topological polar surface area (TPSA) is 60.3 Å². The molecule has 0 fully saturated rings. The first-order valence-electron chi connectivity index (χ1n) is 7.65. The largest absolute Gasteiger partial charge is 0.383 e. The number of nitrogens with one attached hydrogen (secondary N) is 1.